The van der Waals surface area contributed by atoms with Gasteiger partial charge in [0.15, 0.2) is 23.3 Å². The van der Waals surface area contributed by atoms with Gasteiger partial charge in [0.25, 0.3) is 5.56 Å². The molecular weight excluding hydrogens is 582 g/mol. The van der Waals surface area contributed by atoms with E-state index in [1.54, 1.807) is 11.5 Å². The summed E-state index contributed by atoms with van der Waals surface area (Å²) in [4.78, 5) is 37.1. The molecule has 0 bridgehead atoms. The maximum absolute atomic E-state index is 13.9. The number of hydrogen-bond donors (Lipinski definition) is 1. The van der Waals surface area contributed by atoms with Crippen LogP contribution in [-0.2, 0) is 25.8 Å². The van der Waals surface area contributed by atoms with Crippen molar-refractivity contribution < 1.29 is 17.8 Å². The normalized spacial score (nSPS) is 11.3. The Bertz CT molecular complexity index is 2100. The molecule has 6 aromatic rings. The molecule has 1 N–H and O–H groups in total. The minimum Gasteiger partial charge on any atom is -0.339 e. The first kappa shape index (κ1) is 29.5. The van der Waals surface area contributed by atoms with Gasteiger partial charge in [-0.15, -0.1) is 0 Å². The van der Waals surface area contributed by atoms with E-state index in [0.717, 1.165) is 40.8 Å². The van der Waals surface area contributed by atoms with Gasteiger partial charge in [-0.3, -0.25) is 18.9 Å². The molecule has 0 aliphatic rings. The summed E-state index contributed by atoms with van der Waals surface area (Å²) in [6.07, 6.45) is 1.65. The second-order valence-electron chi connectivity index (χ2n) is 10.6. The monoisotopic (exact) mass is 610 g/mol. The van der Waals surface area contributed by atoms with Crippen molar-refractivity contribution in [3.8, 4) is 22.5 Å². The molecule has 12 heteroatoms. The van der Waals surface area contributed by atoms with Gasteiger partial charge in [-0.1, -0.05) is 71.8 Å². The number of aromatic nitrogens is 6. The van der Waals surface area contributed by atoms with E-state index in [9.17, 15) is 18.4 Å². The molecule has 10 nitrogen and oxygen atoms in total. The molecule has 45 heavy (non-hydrogen) atoms. The Morgan fingerprint density at radius 1 is 0.844 bits per heavy atom. The van der Waals surface area contributed by atoms with Crippen LogP contribution in [0.15, 0.2) is 85.4 Å². The minimum absolute atomic E-state index is 0.0781. The maximum Gasteiger partial charge on any atom is 0.439 e. The number of benzene rings is 3. The lowest BCUT2D eigenvalue weighted by atomic mass is 9.98. The van der Waals surface area contributed by atoms with Crippen molar-refractivity contribution in [1.29, 1.82) is 0 Å². The van der Waals surface area contributed by atoms with Crippen molar-refractivity contribution in [2.75, 3.05) is 0 Å². The highest BCUT2D eigenvalue weighted by Crippen LogP contribution is 2.30. The predicted molar refractivity (Wildman–Crippen MR) is 161 cm³/mol. The smallest absolute Gasteiger partial charge is 0.339 e. The van der Waals surface area contributed by atoms with Crippen LogP contribution in [-0.4, -0.2) is 29.8 Å². The molecule has 0 saturated carbocycles. The third-order valence-corrected chi connectivity index (χ3v) is 7.43. The average molecular weight is 611 g/mol. The average Bonchev–Trinajstić information content (AvgIpc) is 3.68. The summed E-state index contributed by atoms with van der Waals surface area (Å²) < 4.78 is 38.7. The molecule has 0 aliphatic carbocycles. The molecule has 0 unspecified atom stereocenters. The number of H-pyrrole nitrogens is 1. The fraction of sp³-hybridized carbons (Fsp3) is 0.212. The van der Waals surface area contributed by atoms with Crippen LogP contribution in [0.25, 0.3) is 22.5 Å². The first-order valence-electron chi connectivity index (χ1n) is 14.4. The van der Waals surface area contributed by atoms with Crippen LogP contribution >= 0.6 is 0 Å². The van der Waals surface area contributed by atoms with Crippen LogP contribution in [0, 0.1) is 18.6 Å². The first-order chi connectivity index (χ1) is 21.8. The van der Waals surface area contributed by atoms with E-state index in [0.29, 0.717) is 47.3 Å². The van der Waals surface area contributed by atoms with Crippen molar-refractivity contribution in [3.05, 3.63) is 139 Å². The highest BCUT2D eigenvalue weighted by atomic mass is 19.2. The summed E-state index contributed by atoms with van der Waals surface area (Å²) in [6.45, 7) is 4.12. The fourth-order valence-corrected chi connectivity index (χ4v) is 5.21. The zero-order valence-electron chi connectivity index (χ0n) is 24.5. The Hall–Kier alpha value is -5.52. The number of rotatable bonds is 10. The van der Waals surface area contributed by atoms with Gasteiger partial charge in [-0.05, 0) is 47.7 Å². The van der Waals surface area contributed by atoms with E-state index in [2.05, 4.69) is 24.8 Å². The highest BCUT2D eigenvalue weighted by molar-refractivity contribution is 5.80. The Morgan fingerprint density at radius 2 is 1.60 bits per heavy atom. The van der Waals surface area contributed by atoms with Crippen molar-refractivity contribution in [2.45, 2.75) is 46.1 Å². The SMILES string of the molecule is CCCc1nc(C)c(Cc2nc(Cc3ccc(F)c(F)c3)no2)c(=O)n1Cc1ccc(-c2ccccc2-c2noc(=O)[nH]2)cc1. The van der Waals surface area contributed by atoms with Crippen LogP contribution in [0.3, 0.4) is 0 Å². The van der Waals surface area contributed by atoms with Gasteiger partial charge >= 0.3 is 5.76 Å². The molecule has 3 aromatic heterocycles. The lowest BCUT2D eigenvalue weighted by Gasteiger charge is -2.16. The van der Waals surface area contributed by atoms with E-state index < -0.39 is 17.4 Å². The van der Waals surface area contributed by atoms with Crippen LogP contribution in [0.5, 0.6) is 0 Å². The second kappa shape index (κ2) is 12.6. The third kappa shape index (κ3) is 6.40. The molecule has 0 saturated heterocycles. The Morgan fingerprint density at radius 3 is 2.31 bits per heavy atom. The van der Waals surface area contributed by atoms with E-state index in [1.807, 2.05) is 55.5 Å². The second-order valence-corrected chi connectivity index (χ2v) is 10.6. The number of nitrogens with one attached hydrogen (secondary N) is 1. The number of aromatic amines is 1. The summed E-state index contributed by atoms with van der Waals surface area (Å²) >= 11 is 0. The van der Waals surface area contributed by atoms with E-state index >= 15 is 0 Å². The van der Waals surface area contributed by atoms with Gasteiger partial charge in [0.05, 0.1) is 13.0 Å². The van der Waals surface area contributed by atoms with Gasteiger partial charge in [0.2, 0.25) is 5.89 Å². The Balaban J connectivity index is 1.26. The predicted octanol–water partition coefficient (Wildman–Crippen LogP) is 5.41. The van der Waals surface area contributed by atoms with E-state index in [4.69, 9.17) is 9.51 Å². The largest absolute Gasteiger partial charge is 0.439 e. The maximum atomic E-state index is 13.9. The van der Waals surface area contributed by atoms with Crippen molar-refractivity contribution in [2.24, 2.45) is 0 Å². The highest BCUT2D eigenvalue weighted by Gasteiger charge is 2.19. The molecule has 0 amide bonds. The number of hydrogen-bond acceptors (Lipinski definition) is 8. The standard InChI is InChI=1S/C33H28F2N6O4/c1-3-6-29-36-19(2)25(17-30-37-28(39-44-30)16-21-11-14-26(34)27(35)15-21)32(42)41(29)18-20-9-12-22(13-10-20)23-7-4-5-8-24(23)31-38-33(43)45-40-31/h4-5,7-15H,3,6,16-18H2,1-2H3,(H,38,40,43). The lowest BCUT2D eigenvalue weighted by Crippen LogP contribution is -2.30. The summed E-state index contributed by atoms with van der Waals surface area (Å²) in [5, 5.41) is 7.78. The molecule has 0 spiro atoms. The van der Waals surface area contributed by atoms with Crippen LogP contribution in [0.1, 0.15) is 53.3 Å². The number of aryl methyl sites for hydroxylation is 2. The Labute approximate surface area is 255 Å². The van der Waals surface area contributed by atoms with Crippen LogP contribution in [0.2, 0.25) is 0 Å². The zero-order valence-corrected chi connectivity index (χ0v) is 24.5. The number of halogens is 2. The Kier molecular flexibility index (Phi) is 8.28. The van der Waals surface area contributed by atoms with Gasteiger partial charge < -0.3 is 4.52 Å². The molecule has 6 rings (SSSR count). The number of nitrogens with zero attached hydrogens (tertiary/aromatic N) is 5. The lowest BCUT2D eigenvalue weighted by molar-refractivity contribution is 0.379. The van der Waals surface area contributed by atoms with Gasteiger partial charge in [0.1, 0.15) is 5.82 Å². The minimum atomic E-state index is -0.950. The zero-order chi connectivity index (χ0) is 31.5. The third-order valence-electron chi connectivity index (χ3n) is 7.43. The molecule has 3 heterocycles. The van der Waals surface area contributed by atoms with Crippen LogP contribution < -0.4 is 11.3 Å². The first-order valence-corrected chi connectivity index (χ1v) is 14.4. The molecule has 0 fully saturated rings. The molecular formula is C33H28F2N6O4. The molecule has 228 valence electrons. The van der Waals surface area contributed by atoms with Crippen LogP contribution in [0.4, 0.5) is 8.78 Å². The topological polar surface area (TPSA) is 133 Å². The van der Waals surface area contributed by atoms with Gasteiger partial charge in [0, 0.05) is 29.7 Å². The van der Waals surface area contributed by atoms with Crippen molar-refractivity contribution in [3.63, 3.8) is 0 Å². The summed E-state index contributed by atoms with van der Waals surface area (Å²) in [7, 11) is 0. The molecule has 0 radical (unpaired) electrons. The van der Waals surface area contributed by atoms with E-state index in [-0.39, 0.29) is 24.3 Å². The summed E-state index contributed by atoms with van der Waals surface area (Å²) in [6, 6.07) is 18.9. The van der Waals surface area contributed by atoms with Crippen molar-refractivity contribution in [1.82, 2.24) is 29.8 Å². The summed E-state index contributed by atoms with van der Waals surface area (Å²) in [5.74, 6) is -0.975. The van der Waals surface area contributed by atoms with E-state index in [1.165, 1.54) is 6.07 Å². The molecule has 0 atom stereocenters. The van der Waals surface area contributed by atoms with Crippen molar-refractivity contribution >= 4 is 0 Å². The van der Waals surface area contributed by atoms with Gasteiger partial charge in [-0.2, -0.15) is 4.98 Å². The fourth-order valence-electron chi connectivity index (χ4n) is 5.21. The summed E-state index contributed by atoms with van der Waals surface area (Å²) in [5.41, 5.74) is 4.69. The van der Waals surface area contributed by atoms with Gasteiger partial charge in [-0.25, -0.2) is 18.6 Å². The molecule has 3 aromatic carbocycles. The quantitative estimate of drug-likeness (QED) is 0.218. The molecule has 0 aliphatic heterocycles.